The molecule has 8 N–H and O–H groups in total. The minimum Gasteiger partial charge on any atom is -0.480 e. The summed E-state index contributed by atoms with van der Waals surface area (Å²) in [4.78, 5) is 60.0. The predicted octanol–water partition coefficient (Wildman–Crippen LogP) is -1.74. The maximum atomic E-state index is 12.8. The first-order valence-corrected chi connectivity index (χ1v) is 9.70. The fourth-order valence-electron chi connectivity index (χ4n) is 2.76. The van der Waals surface area contributed by atoms with Crippen LogP contribution in [0.15, 0.2) is 30.3 Å². The van der Waals surface area contributed by atoms with Gasteiger partial charge >= 0.3 is 5.97 Å². The van der Waals surface area contributed by atoms with E-state index in [0.717, 1.165) is 5.56 Å². The second-order valence-corrected chi connectivity index (χ2v) is 7.31. The monoisotopic (exact) mass is 435 g/mol. The molecule has 0 fully saturated rings. The van der Waals surface area contributed by atoms with Crippen LogP contribution in [0.25, 0.3) is 0 Å². The summed E-state index contributed by atoms with van der Waals surface area (Å²) in [5.41, 5.74) is 11.2. The Morgan fingerprint density at radius 2 is 1.52 bits per heavy atom. The van der Waals surface area contributed by atoms with Crippen molar-refractivity contribution in [3.8, 4) is 0 Å². The number of hydrogen-bond acceptors (Lipinski definition) is 6. The summed E-state index contributed by atoms with van der Waals surface area (Å²) in [6, 6.07) is 5.09. The van der Waals surface area contributed by atoms with E-state index < -0.39 is 60.1 Å². The van der Waals surface area contributed by atoms with Gasteiger partial charge in [0.05, 0.1) is 13.0 Å². The van der Waals surface area contributed by atoms with Gasteiger partial charge < -0.3 is 32.5 Å². The lowest BCUT2D eigenvalue weighted by atomic mass is 10.0. The standard InChI is InChI=1S/C20H29N5O6/c1-11(2)17(20(30)31)25-19(29)14(9-15(22)26)24-18(28)13(23-16(27)10-21)8-12-6-4-3-5-7-12/h3-7,11,13-14,17H,8-10,21H2,1-2H3,(H2,22,26)(H,23,27)(H,24,28)(H,25,29)(H,30,31). The van der Waals surface area contributed by atoms with Crippen LogP contribution < -0.4 is 27.4 Å². The molecule has 170 valence electrons. The van der Waals surface area contributed by atoms with Crippen LogP contribution in [-0.2, 0) is 30.4 Å². The van der Waals surface area contributed by atoms with Crippen molar-refractivity contribution in [3.63, 3.8) is 0 Å². The van der Waals surface area contributed by atoms with Crippen molar-refractivity contribution in [2.75, 3.05) is 6.54 Å². The van der Waals surface area contributed by atoms with Crippen molar-refractivity contribution in [3.05, 3.63) is 35.9 Å². The first-order valence-electron chi connectivity index (χ1n) is 9.70. The normalized spacial score (nSPS) is 13.5. The third-order valence-corrected chi connectivity index (χ3v) is 4.39. The number of carboxylic acids is 1. The number of amides is 4. The molecular formula is C20H29N5O6. The van der Waals surface area contributed by atoms with Crippen LogP contribution in [-0.4, -0.2) is 59.4 Å². The average molecular weight is 435 g/mol. The molecule has 0 aliphatic rings. The molecule has 0 aromatic heterocycles. The zero-order chi connectivity index (χ0) is 23.6. The van der Waals surface area contributed by atoms with Gasteiger partial charge in [0, 0.05) is 6.42 Å². The van der Waals surface area contributed by atoms with Gasteiger partial charge in [-0.2, -0.15) is 0 Å². The third-order valence-electron chi connectivity index (χ3n) is 4.39. The SMILES string of the molecule is CC(C)C(NC(=O)C(CC(N)=O)NC(=O)C(Cc1ccccc1)NC(=O)CN)C(=O)O. The van der Waals surface area contributed by atoms with Gasteiger partial charge in [0.25, 0.3) is 0 Å². The Bertz CT molecular complexity index is 799. The van der Waals surface area contributed by atoms with Crippen molar-refractivity contribution in [1.29, 1.82) is 0 Å². The highest BCUT2D eigenvalue weighted by Crippen LogP contribution is 2.06. The molecule has 4 amide bonds. The first kappa shape index (κ1) is 25.6. The maximum Gasteiger partial charge on any atom is 0.326 e. The van der Waals surface area contributed by atoms with E-state index in [4.69, 9.17) is 11.5 Å². The smallest absolute Gasteiger partial charge is 0.326 e. The zero-order valence-electron chi connectivity index (χ0n) is 17.5. The third kappa shape index (κ3) is 8.83. The molecule has 1 aromatic carbocycles. The molecule has 11 nitrogen and oxygen atoms in total. The molecule has 0 aliphatic carbocycles. The lowest BCUT2D eigenvalue weighted by Crippen LogP contribution is -2.58. The van der Waals surface area contributed by atoms with Crippen LogP contribution in [0.1, 0.15) is 25.8 Å². The summed E-state index contributed by atoms with van der Waals surface area (Å²) in [5.74, 6) is -4.79. The van der Waals surface area contributed by atoms with Crippen molar-refractivity contribution in [2.24, 2.45) is 17.4 Å². The molecule has 31 heavy (non-hydrogen) atoms. The van der Waals surface area contributed by atoms with Gasteiger partial charge in [-0.15, -0.1) is 0 Å². The molecule has 0 heterocycles. The number of carbonyl (C=O) groups is 5. The van der Waals surface area contributed by atoms with E-state index in [1.807, 2.05) is 0 Å². The largest absolute Gasteiger partial charge is 0.480 e. The summed E-state index contributed by atoms with van der Waals surface area (Å²) in [7, 11) is 0. The molecule has 0 aliphatic heterocycles. The fourth-order valence-corrected chi connectivity index (χ4v) is 2.76. The van der Waals surface area contributed by atoms with Gasteiger partial charge in [0.2, 0.25) is 23.6 Å². The van der Waals surface area contributed by atoms with Crippen molar-refractivity contribution in [2.45, 2.75) is 44.8 Å². The van der Waals surface area contributed by atoms with Crippen LogP contribution in [0.3, 0.4) is 0 Å². The fraction of sp³-hybridized carbons (Fsp3) is 0.450. The maximum absolute atomic E-state index is 12.8. The highest BCUT2D eigenvalue weighted by molar-refractivity contribution is 5.95. The van der Waals surface area contributed by atoms with E-state index in [-0.39, 0.29) is 13.0 Å². The molecular weight excluding hydrogens is 406 g/mol. The Morgan fingerprint density at radius 1 is 0.935 bits per heavy atom. The van der Waals surface area contributed by atoms with Gasteiger partial charge in [0.1, 0.15) is 18.1 Å². The summed E-state index contributed by atoms with van der Waals surface area (Å²) in [6.07, 6.45) is -0.446. The minimum absolute atomic E-state index is 0.104. The molecule has 1 rings (SSSR count). The van der Waals surface area contributed by atoms with Crippen molar-refractivity contribution in [1.82, 2.24) is 16.0 Å². The average Bonchev–Trinajstić information content (AvgIpc) is 2.70. The molecule has 11 heteroatoms. The summed E-state index contributed by atoms with van der Waals surface area (Å²) in [6.45, 7) is 2.84. The number of hydrogen-bond donors (Lipinski definition) is 6. The number of aliphatic carboxylic acids is 1. The van der Waals surface area contributed by atoms with Gasteiger partial charge in [-0.25, -0.2) is 4.79 Å². The number of carbonyl (C=O) groups excluding carboxylic acids is 4. The number of primary amides is 1. The lowest BCUT2D eigenvalue weighted by molar-refractivity contribution is -0.143. The number of carboxylic acid groups (broad SMARTS) is 1. The Balaban J connectivity index is 3.03. The van der Waals surface area contributed by atoms with E-state index in [1.54, 1.807) is 44.2 Å². The predicted molar refractivity (Wildman–Crippen MR) is 111 cm³/mol. The Hall–Kier alpha value is -3.47. The Kier molecular flexibility index (Phi) is 10.1. The molecule has 3 unspecified atom stereocenters. The van der Waals surface area contributed by atoms with Crippen LogP contribution >= 0.6 is 0 Å². The van der Waals surface area contributed by atoms with E-state index in [0.29, 0.717) is 0 Å². The number of rotatable bonds is 12. The Morgan fingerprint density at radius 3 is 2.00 bits per heavy atom. The highest BCUT2D eigenvalue weighted by Gasteiger charge is 2.31. The van der Waals surface area contributed by atoms with Gasteiger partial charge in [-0.05, 0) is 11.5 Å². The molecule has 0 saturated heterocycles. The molecule has 1 aromatic rings. The second-order valence-electron chi connectivity index (χ2n) is 7.31. The molecule has 0 bridgehead atoms. The van der Waals surface area contributed by atoms with Crippen LogP contribution in [0.4, 0.5) is 0 Å². The van der Waals surface area contributed by atoms with Gasteiger partial charge in [0.15, 0.2) is 0 Å². The summed E-state index contributed by atoms with van der Waals surface area (Å²) in [5, 5.41) is 16.4. The highest BCUT2D eigenvalue weighted by atomic mass is 16.4. The lowest BCUT2D eigenvalue weighted by Gasteiger charge is -2.25. The summed E-state index contributed by atoms with van der Waals surface area (Å²) >= 11 is 0. The minimum atomic E-state index is -1.42. The number of nitrogens with two attached hydrogens (primary N) is 2. The molecule has 0 radical (unpaired) electrons. The van der Waals surface area contributed by atoms with Crippen LogP contribution in [0.5, 0.6) is 0 Å². The van der Waals surface area contributed by atoms with Crippen molar-refractivity contribution < 1.29 is 29.1 Å². The van der Waals surface area contributed by atoms with Gasteiger partial charge in [-0.3, -0.25) is 19.2 Å². The number of benzene rings is 1. The zero-order valence-corrected chi connectivity index (χ0v) is 17.5. The molecule has 0 saturated carbocycles. The van der Waals surface area contributed by atoms with Crippen LogP contribution in [0.2, 0.25) is 0 Å². The topological polar surface area (TPSA) is 194 Å². The molecule has 3 atom stereocenters. The summed E-state index contributed by atoms with van der Waals surface area (Å²) < 4.78 is 0. The van der Waals surface area contributed by atoms with E-state index in [9.17, 15) is 29.1 Å². The van der Waals surface area contributed by atoms with E-state index in [1.165, 1.54) is 0 Å². The van der Waals surface area contributed by atoms with Crippen LogP contribution in [0, 0.1) is 5.92 Å². The van der Waals surface area contributed by atoms with E-state index in [2.05, 4.69) is 16.0 Å². The second kappa shape index (κ2) is 12.3. The van der Waals surface area contributed by atoms with Crippen molar-refractivity contribution >= 4 is 29.6 Å². The van der Waals surface area contributed by atoms with Gasteiger partial charge in [-0.1, -0.05) is 44.2 Å². The Labute approximate surface area is 179 Å². The number of nitrogens with one attached hydrogen (secondary N) is 3. The van der Waals surface area contributed by atoms with E-state index >= 15 is 0 Å². The molecule has 0 spiro atoms. The first-order chi connectivity index (χ1) is 14.5. The quantitative estimate of drug-likeness (QED) is 0.224.